The van der Waals surface area contributed by atoms with Gasteiger partial charge >= 0.3 is 6.09 Å². The lowest BCUT2D eigenvalue weighted by Crippen LogP contribution is -2.42. The van der Waals surface area contributed by atoms with Crippen molar-refractivity contribution in [2.75, 3.05) is 24.2 Å². The van der Waals surface area contributed by atoms with Gasteiger partial charge in [-0.15, -0.1) is 0 Å². The first-order chi connectivity index (χ1) is 13.6. The van der Waals surface area contributed by atoms with E-state index < -0.39 is 28.1 Å². The Labute approximate surface area is 173 Å². The van der Waals surface area contributed by atoms with Crippen molar-refractivity contribution < 1.29 is 27.9 Å². The van der Waals surface area contributed by atoms with E-state index in [-0.39, 0.29) is 27.0 Å². The van der Waals surface area contributed by atoms with Crippen molar-refractivity contribution in [3.63, 3.8) is 0 Å². The van der Waals surface area contributed by atoms with Gasteiger partial charge in [0.2, 0.25) is 5.91 Å². The van der Waals surface area contributed by atoms with Crippen LogP contribution in [0.2, 0.25) is 5.02 Å². The van der Waals surface area contributed by atoms with Crippen LogP contribution in [0.1, 0.15) is 6.92 Å². The monoisotopic (exact) mass is 441 g/mol. The zero-order valence-electron chi connectivity index (χ0n) is 15.8. The van der Waals surface area contributed by atoms with Gasteiger partial charge in [0.25, 0.3) is 10.0 Å². The summed E-state index contributed by atoms with van der Waals surface area (Å²) in [6, 6.07) is 9.30. The molecule has 0 spiro atoms. The Balaban J connectivity index is 2.31. The highest BCUT2D eigenvalue weighted by atomic mass is 35.5. The van der Waals surface area contributed by atoms with E-state index in [0.717, 1.165) is 4.90 Å². The Kier molecular flexibility index (Phi) is 6.93. The summed E-state index contributed by atoms with van der Waals surface area (Å²) in [7, 11) is -1.39. The van der Waals surface area contributed by atoms with Crippen LogP contribution >= 0.6 is 11.6 Å². The molecule has 0 saturated heterocycles. The molecule has 0 unspecified atom stereocenters. The summed E-state index contributed by atoms with van der Waals surface area (Å²) < 4.78 is 32.9. The minimum Gasteiger partial charge on any atom is -0.495 e. The second kappa shape index (κ2) is 9.01. The Hall–Kier alpha value is -2.98. The summed E-state index contributed by atoms with van der Waals surface area (Å²) in [6.07, 6.45) is -1.25. The molecule has 0 aliphatic heterocycles. The molecule has 0 aromatic heterocycles. The number of likely N-dealkylation sites (N-methyl/N-ethyl adjacent to an activating group) is 1. The first-order valence-corrected chi connectivity index (χ1v) is 10.1. The number of carbonyl (C=O) groups is 2. The number of anilines is 2. The van der Waals surface area contributed by atoms with Crippen molar-refractivity contribution in [2.45, 2.75) is 17.9 Å². The lowest BCUT2D eigenvalue weighted by Gasteiger charge is -2.21. The first-order valence-electron chi connectivity index (χ1n) is 8.29. The van der Waals surface area contributed by atoms with Gasteiger partial charge < -0.3 is 15.2 Å². The number of sulfonamides is 1. The number of hydrogen-bond donors (Lipinski definition) is 3. The summed E-state index contributed by atoms with van der Waals surface area (Å²) in [5.41, 5.74) is 0.322. The summed E-state index contributed by atoms with van der Waals surface area (Å²) in [5, 5.41) is 11.6. The number of carboxylic acid groups (broad SMARTS) is 1. The third kappa shape index (κ3) is 5.30. The molecule has 0 aliphatic rings. The summed E-state index contributed by atoms with van der Waals surface area (Å²) in [4.78, 5) is 24.0. The second-order valence-electron chi connectivity index (χ2n) is 6.01. The van der Waals surface area contributed by atoms with Crippen LogP contribution in [0.15, 0.2) is 47.4 Å². The van der Waals surface area contributed by atoms with Crippen LogP contribution in [0.4, 0.5) is 16.2 Å². The molecule has 0 saturated carbocycles. The molecule has 2 aromatic carbocycles. The number of hydrogen-bond acceptors (Lipinski definition) is 5. The SMILES string of the molecule is COc1ccc(NC(=O)[C@H](C)N(C)C(=O)O)cc1NS(=O)(=O)c1ccccc1Cl. The van der Waals surface area contributed by atoms with Crippen LogP contribution in [-0.4, -0.2) is 50.6 Å². The minimum atomic E-state index is -4.02. The van der Waals surface area contributed by atoms with E-state index in [4.69, 9.17) is 21.4 Å². The molecule has 11 heteroatoms. The number of amides is 2. The van der Waals surface area contributed by atoms with Crippen molar-refractivity contribution in [1.29, 1.82) is 0 Å². The van der Waals surface area contributed by atoms with Crippen LogP contribution in [0.5, 0.6) is 5.75 Å². The van der Waals surface area contributed by atoms with E-state index in [9.17, 15) is 18.0 Å². The van der Waals surface area contributed by atoms with Crippen molar-refractivity contribution in [3.8, 4) is 5.75 Å². The minimum absolute atomic E-state index is 0.0500. The number of nitrogens with one attached hydrogen (secondary N) is 2. The van der Waals surface area contributed by atoms with Crippen molar-refractivity contribution in [1.82, 2.24) is 4.90 Å². The van der Waals surface area contributed by atoms with E-state index >= 15 is 0 Å². The van der Waals surface area contributed by atoms with Crippen LogP contribution in [0.25, 0.3) is 0 Å². The smallest absolute Gasteiger partial charge is 0.407 e. The maximum atomic E-state index is 12.7. The quantitative estimate of drug-likeness (QED) is 0.606. The summed E-state index contributed by atoms with van der Waals surface area (Å²) in [6.45, 7) is 1.42. The molecule has 1 atom stereocenters. The predicted molar refractivity (Wildman–Crippen MR) is 109 cm³/mol. The largest absolute Gasteiger partial charge is 0.495 e. The van der Waals surface area contributed by atoms with Gasteiger partial charge in [0.1, 0.15) is 16.7 Å². The molecule has 0 heterocycles. The zero-order valence-corrected chi connectivity index (χ0v) is 17.4. The Bertz CT molecular complexity index is 1030. The predicted octanol–water partition coefficient (Wildman–Crippen LogP) is 3.09. The number of benzene rings is 2. The number of rotatable bonds is 7. The number of halogens is 1. The highest BCUT2D eigenvalue weighted by molar-refractivity contribution is 7.92. The van der Waals surface area contributed by atoms with Gasteiger partial charge in [0.05, 0.1) is 17.8 Å². The average molecular weight is 442 g/mol. The van der Waals surface area contributed by atoms with Crippen molar-refractivity contribution >= 4 is 45.0 Å². The third-order valence-corrected chi connectivity index (χ3v) is 5.96. The molecule has 0 fully saturated rings. The van der Waals surface area contributed by atoms with E-state index in [1.54, 1.807) is 6.07 Å². The van der Waals surface area contributed by atoms with Gasteiger partial charge in [-0.3, -0.25) is 14.4 Å². The third-order valence-electron chi connectivity index (χ3n) is 4.10. The highest BCUT2D eigenvalue weighted by Gasteiger charge is 2.23. The lowest BCUT2D eigenvalue weighted by atomic mass is 10.2. The fourth-order valence-corrected chi connectivity index (χ4v) is 3.90. The van der Waals surface area contributed by atoms with Crippen molar-refractivity contribution in [3.05, 3.63) is 47.5 Å². The molecule has 2 rings (SSSR count). The van der Waals surface area contributed by atoms with Gasteiger partial charge in [-0.1, -0.05) is 23.7 Å². The number of carbonyl (C=O) groups excluding carboxylic acids is 1. The maximum absolute atomic E-state index is 12.7. The van der Waals surface area contributed by atoms with Crippen LogP contribution < -0.4 is 14.8 Å². The first kappa shape index (κ1) is 22.3. The summed E-state index contributed by atoms with van der Waals surface area (Å²) >= 11 is 5.98. The van der Waals surface area contributed by atoms with Gasteiger partial charge in [0, 0.05) is 12.7 Å². The highest BCUT2D eigenvalue weighted by Crippen LogP contribution is 2.31. The standard InChI is InChI=1S/C18H20ClN3O6S/c1-11(22(2)18(24)25)17(23)20-12-8-9-15(28-3)14(10-12)21-29(26,27)16-7-5-4-6-13(16)19/h4-11,21H,1-3H3,(H,20,23)(H,24,25)/t11-/m0/s1. The molecule has 0 bridgehead atoms. The molecule has 0 aliphatic carbocycles. The second-order valence-corrected chi connectivity index (χ2v) is 8.07. The Morgan fingerprint density at radius 3 is 2.45 bits per heavy atom. The topological polar surface area (TPSA) is 125 Å². The molecule has 9 nitrogen and oxygen atoms in total. The fourth-order valence-electron chi connectivity index (χ4n) is 2.32. The molecule has 2 amide bonds. The molecule has 156 valence electrons. The van der Waals surface area contributed by atoms with Gasteiger partial charge in [0.15, 0.2) is 0 Å². The molecule has 2 aromatic rings. The summed E-state index contributed by atoms with van der Waals surface area (Å²) in [5.74, 6) is -0.366. The van der Waals surface area contributed by atoms with Crippen molar-refractivity contribution in [2.24, 2.45) is 0 Å². The average Bonchev–Trinajstić information content (AvgIpc) is 2.66. The normalized spacial score (nSPS) is 12.0. The van der Waals surface area contributed by atoms with Gasteiger partial charge in [-0.05, 0) is 37.3 Å². The van der Waals surface area contributed by atoms with Crippen LogP contribution in [0, 0.1) is 0 Å². The molecule has 29 heavy (non-hydrogen) atoms. The number of nitrogens with zero attached hydrogens (tertiary/aromatic N) is 1. The fraction of sp³-hybridized carbons (Fsp3) is 0.222. The molecule has 3 N–H and O–H groups in total. The molecular weight excluding hydrogens is 422 g/mol. The molecular formula is C18H20ClN3O6S. The number of methoxy groups -OCH3 is 1. The van der Waals surface area contributed by atoms with E-state index in [1.807, 2.05) is 0 Å². The lowest BCUT2D eigenvalue weighted by molar-refractivity contribution is -0.119. The van der Waals surface area contributed by atoms with E-state index in [1.165, 1.54) is 57.5 Å². The van der Waals surface area contributed by atoms with Crippen LogP contribution in [0.3, 0.4) is 0 Å². The van der Waals surface area contributed by atoms with Gasteiger partial charge in [-0.25, -0.2) is 13.2 Å². The Morgan fingerprint density at radius 1 is 1.21 bits per heavy atom. The van der Waals surface area contributed by atoms with E-state index in [2.05, 4.69) is 10.0 Å². The van der Waals surface area contributed by atoms with Gasteiger partial charge in [-0.2, -0.15) is 0 Å². The maximum Gasteiger partial charge on any atom is 0.407 e. The Morgan fingerprint density at radius 2 is 1.86 bits per heavy atom. The van der Waals surface area contributed by atoms with E-state index in [0.29, 0.717) is 0 Å². The zero-order chi connectivity index (χ0) is 21.8. The molecule has 0 radical (unpaired) electrons. The number of ether oxygens (including phenoxy) is 1. The van der Waals surface area contributed by atoms with Crippen LogP contribution in [-0.2, 0) is 14.8 Å².